The number of hydrogen-bond acceptors (Lipinski definition) is 2. The van der Waals surface area contributed by atoms with Crippen LogP contribution in [0.1, 0.15) is 18.9 Å². The predicted octanol–water partition coefficient (Wildman–Crippen LogP) is 2.05. The minimum Gasteiger partial charge on any atom is -0.335 e. The van der Waals surface area contributed by atoms with E-state index in [9.17, 15) is 9.18 Å². The summed E-state index contributed by atoms with van der Waals surface area (Å²) in [5.41, 5.74) is 0.829. The molecular weight excluding hydrogens is 243 g/mol. The predicted molar refractivity (Wildman–Crippen MR) is 74.1 cm³/mol. The molecule has 1 unspecified atom stereocenters. The molecule has 0 spiro atoms. The maximum Gasteiger partial charge on any atom is 0.246 e. The molecule has 1 aromatic rings. The van der Waals surface area contributed by atoms with Gasteiger partial charge in [0.2, 0.25) is 5.91 Å². The zero-order valence-corrected chi connectivity index (χ0v) is 11.1. The molecule has 1 aliphatic rings. The maximum atomic E-state index is 12.8. The van der Waals surface area contributed by atoms with Crippen molar-refractivity contribution >= 4 is 12.0 Å². The van der Waals surface area contributed by atoms with E-state index in [-0.39, 0.29) is 17.8 Å². The molecule has 3 nitrogen and oxygen atoms in total. The average molecular weight is 262 g/mol. The van der Waals surface area contributed by atoms with Crippen LogP contribution in [0.25, 0.3) is 6.08 Å². The highest BCUT2D eigenvalue weighted by Crippen LogP contribution is 2.10. The van der Waals surface area contributed by atoms with Crippen molar-refractivity contribution in [3.8, 4) is 0 Å². The molecule has 0 bridgehead atoms. The molecule has 0 radical (unpaired) electrons. The zero-order chi connectivity index (χ0) is 13.7. The first kappa shape index (κ1) is 13.7. The first-order chi connectivity index (χ1) is 9.20. The molecule has 4 heteroatoms. The highest BCUT2D eigenvalue weighted by Gasteiger charge is 2.23. The third kappa shape index (κ3) is 3.64. The molecule has 1 N–H and O–H groups in total. The minimum absolute atomic E-state index is 0.0144. The Labute approximate surface area is 113 Å². The first-order valence-electron chi connectivity index (χ1n) is 6.65. The smallest absolute Gasteiger partial charge is 0.246 e. The van der Waals surface area contributed by atoms with Crippen molar-refractivity contribution in [2.75, 3.05) is 19.6 Å². The molecule has 0 aromatic heterocycles. The molecule has 1 fully saturated rings. The van der Waals surface area contributed by atoms with Crippen molar-refractivity contribution in [2.45, 2.75) is 19.4 Å². The van der Waals surface area contributed by atoms with E-state index in [2.05, 4.69) is 5.32 Å². The number of benzene rings is 1. The number of rotatable bonds is 4. The molecule has 102 valence electrons. The van der Waals surface area contributed by atoms with Crippen molar-refractivity contribution < 1.29 is 9.18 Å². The molecule has 1 amide bonds. The summed E-state index contributed by atoms with van der Waals surface area (Å²) in [7, 11) is 0. The SMILES string of the molecule is CCN(C(=O)C=Cc1ccc(F)cc1)C1CCNC1. The molecule has 19 heavy (non-hydrogen) atoms. The Hall–Kier alpha value is -1.68. The van der Waals surface area contributed by atoms with Gasteiger partial charge < -0.3 is 10.2 Å². The first-order valence-corrected chi connectivity index (χ1v) is 6.65. The third-order valence-corrected chi connectivity index (χ3v) is 3.39. The van der Waals surface area contributed by atoms with Gasteiger partial charge in [0.1, 0.15) is 5.82 Å². The highest BCUT2D eigenvalue weighted by molar-refractivity contribution is 5.92. The topological polar surface area (TPSA) is 32.3 Å². The lowest BCUT2D eigenvalue weighted by atomic mass is 10.2. The van der Waals surface area contributed by atoms with Crippen LogP contribution < -0.4 is 5.32 Å². The fourth-order valence-electron chi connectivity index (χ4n) is 2.34. The van der Waals surface area contributed by atoms with Crippen molar-refractivity contribution in [1.29, 1.82) is 0 Å². The van der Waals surface area contributed by atoms with Crippen LogP contribution >= 0.6 is 0 Å². The largest absolute Gasteiger partial charge is 0.335 e. The standard InChI is InChI=1S/C15H19FN2O/c1-2-18(14-9-10-17-11-14)15(19)8-5-12-3-6-13(16)7-4-12/h3-8,14,17H,2,9-11H2,1H3. The number of nitrogens with one attached hydrogen (secondary N) is 1. The number of halogens is 1. The van der Waals surface area contributed by atoms with Crippen molar-refractivity contribution in [2.24, 2.45) is 0 Å². The van der Waals surface area contributed by atoms with Crippen molar-refractivity contribution in [3.05, 3.63) is 41.7 Å². The second-order valence-electron chi connectivity index (χ2n) is 4.66. The van der Waals surface area contributed by atoms with E-state index in [4.69, 9.17) is 0 Å². The second kappa shape index (κ2) is 6.48. The summed E-state index contributed by atoms with van der Waals surface area (Å²) in [6, 6.07) is 6.39. The molecule has 1 saturated heterocycles. The molecule has 2 rings (SSSR count). The van der Waals surface area contributed by atoms with Crippen molar-refractivity contribution in [3.63, 3.8) is 0 Å². The molecule has 1 aromatic carbocycles. The van der Waals surface area contributed by atoms with E-state index in [0.717, 1.165) is 25.1 Å². The Balaban J connectivity index is 2.00. The van der Waals surface area contributed by atoms with Gasteiger partial charge in [-0.25, -0.2) is 4.39 Å². The second-order valence-corrected chi connectivity index (χ2v) is 4.66. The summed E-state index contributed by atoms with van der Waals surface area (Å²) < 4.78 is 12.8. The molecule has 1 aliphatic heterocycles. The van der Waals surface area contributed by atoms with E-state index < -0.39 is 0 Å². The van der Waals surface area contributed by atoms with Crippen LogP contribution in [-0.4, -0.2) is 36.5 Å². The number of likely N-dealkylation sites (N-methyl/N-ethyl adjacent to an activating group) is 1. The summed E-state index contributed by atoms with van der Waals surface area (Å²) in [6.45, 7) is 4.53. The molecule has 0 saturated carbocycles. The van der Waals surface area contributed by atoms with Gasteiger partial charge >= 0.3 is 0 Å². The van der Waals surface area contributed by atoms with Gasteiger partial charge in [0.15, 0.2) is 0 Å². The van der Waals surface area contributed by atoms with E-state index >= 15 is 0 Å². The average Bonchev–Trinajstić information content (AvgIpc) is 2.93. The maximum absolute atomic E-state index is 12.8. The van der Waals surface area contributed by atoms with Gasteiger partial charge in [-0.2, -0.15) is 0 Å². The highest BCUT2D eigenvalue weighted by atomic mass is 19.1. The van der Waals surface area contributed by atoms with Gasteiger partial charge in [-0.3, -0.25) is 4.79 Å². The van der Waals surface area contributed by atoms with Crippen molar-refractivity contribution in [1.82, 2.24) is 10.2 Å². The van der Waals surface area contributed by atoms with Crippen LogP contribution in [0.5, 0.6) is 0 Å². The summed E-state index contributed by atoms with van der Waals surface area (Å²) >= 11 is 0. The minimum atomic E-state index is -0.268. The lowest BCUT2D eigenvalue weighted by Crippen LogP contribution is -2.40. The normalized spacial score (nSPS) is 18.9. The van der Waals surface area contributed by atoms with E-state index in [0.29, 0.717) is 6.54 Å². The molecule has 1 atom stereocenters. The Bertz CT molecular complexity index is 450. The third-order valence-electron chi connectivity index (χ3n) is 3.39. The van der Waals surface area contributed by atoms with Crippen LogP contribution in [0.2, 0.25) is 0 Å². The fourth-order valence-corrected chi connectivity index (χ4v) is 2.34. The lowest BCUT2D eigenvalue weighted by molar-refractivity contribution is -0.127. The summed E-state index contributed by atoms with van der Waals surface area (Å²) in [5.74, 6) is -0.254. The van der Waals surface area contributed by atoms with E-state index in [1.54, 1.807) is 24.3 Å². The van der Waals surface area contributed by atoms with Gasteiger partial charge in [-0.15, -0.1) is 0 Å². The Morgan fingerprint density at radius 1 is 1.47 bits per heavy atom. The van der Waals surface area contributed by atoms with Crippen LogP contribution in [0.3, 0.4) is 0 Å². The summed E-state index contributed by atoms with van der Waals surface area (Å²) in [4.78, 5) is 14.0. The number of amides is 1. The Kier molecular flexibility index (Phi) is 4.68. The van der Waals surface area contributed by atoms with Gasteiger partial charge in [0.05, 0.1) is 0 Å². The Morgan fingerprint density at radius 2 is 2.21 bits per heavy atom. The van der Waals surface area contributed by atoms with Crippen LogP contribution in [-0.2, 0) is 4.79 Å². The molecule has 0 aliphatic carbocycles. The van der Waals surface area contributed by atoms with Gasteiger partial charge in [0.25, 0.3) is 0 Å². The monoisotopic (exact) mass is 262 g/mol. The van der Waals surface area contributed by atoms with Gasteiger partial charge in [-0.05, 0) is 43.7 Å². The molecular formula is C15H19FN2O. The number of carbonyl (C=O) groups is 1. The van der Waals surface area contributed by atoms with E-state index in [1.807, 2.05) is 11.8 Å². The number of hydrogen-bond donors (Lipinski definition) is 1. The fraction of sp³-hybridized carbons (Fsp3) is 0.400. The number of carbonyl (C=O) groups excluding carboxylic acids is 1. The van der Waals surface area contributed by atoms with Crippen LogP contribution in [0, 0.1) is 5.82 Å². The van der Waals surface area contributed by atoms with Crippen LogP contribution in [0.15, 0.2) is 30.3 Å². The number of nitrogens with zero attached hydrogens (tertiary/aromatic N) is 1. The summed E-state index contributed by atoms with van der Waals surface area (Å²) in [5, 5.41) is 3.26. The zero-order valence-electron chi connectivity index (χ0n) is 11.1. The summed E-state index contributed by atoms with van der Waals surface area (Å²) in [6.07, 6.45) is 4.30. The van der Waals surface area contributed by atoms with Gasteiger partial charge in [-0.1, -0.05) is 12.1 Å². The Morgan fingerprint density at radius 3 is 2.79 bits per heavy atom. The van der Waals surface area contributed by atoms with E-state index in [1.165, 1.54) is 12.1 Å². The van der Waals surface area contributed by atoms with Gasteiger partial charge in [0, 0.05) is 25.2 Å². The quantitative estimate of drug-likeness (QED) is 0.842. The lowest BCUT2D eigenvalue weighted by Gasteiger charge is -2.25. The molecule has 1 heterocycles. The van der Waals surface area contributed by atoms with Crippen LogP contribution in [0.4, 0.5) is 4.39 Å².